The molecule has 142 valence electrons. The van der Waals surface area contributed by atoms with Crippen molar-refractivity contribution in [3.8, 4) is 0 Å². The van der Waals surface area contributed by atoms with Crippen LogP contribution in [0.2, 0.25) is 0 Å². The van der Waals surface area contributed by atoms with Crippen molar-refractivity contribution < 1.29 is 12.8 Å². The van der Waals surface area contributed by atoms with Crippen molar-refractivity contribution in [3.05, 3.63) is 52.6 Å². The predicted molar refractivity (Wildman–Crippen MR) is 101 cm³/mol. The first-order valence-corrected chi connectivity index (χ1v) is 10.2. The molecule has 0 atom stereocenters. The first kappa shape index (κ1) is 17.7. The summed E-state index contributed by atoms with van der Waals surface area (Å²) in [6, 6.07) is 8.06. The number of sulfonamides is 1. The minimum Gasteiger partial charge on any atom is -0.408 e. The number of fused-ring (bicyclic) bond motifs is 1. The van der Waals surface area contributed by atoms with E-state index in [2.05, 4.69) is 14.6 Å². The standard InChI is InChI=1S/C18H20N4O4S/c1-21-15-11-14(4-5-16(15)26-18(21)23)27(24,25)20-12-13-6-7-19-17(10-13)22-8-2-3-9-22/h4-7,10-11,20H,2-3,8-9,12H2,1H3. The third-order valence-corrected chi connectivity index (χ3v) is 6.18. The van der Waals surface area contributed by atoms with E-state index in [9.17, 15) is 13.2 Å². The number of oxazole rings is 1. The number of hydrogen-bond acceptors (Lipinski definition) is 6. The molecule has 1 aliphatic rings. The third kappa shape index (κ3) is 3.47. The number of anilines is 1. The van der Waals surface area contributed by atoms with Gasteiger partial charge in [0.25, 0.3) is 0 Å². The van der Waals surface area contributed by atoms with Crippen molar-refractivity contribution in [2.75, 3.05) is 18.0 Å². The van der Waals surface area contributed by atoms with Crippen molar-refractivity contribution in [1.82, 2.24) is 14.3 Å². The van der Waals surface area contributed by atoms with E-state index in [4.69, 9.17) is 4.42 Å². The fourth-order valence-corrected chi connectivity index (χ4v) is 4.26. The average molecular weight is 388 g/mol. The monoisotopic (exact) mass is 388 g/mol. The zero-order valence-electron chi connectivity index (χ0n) is 14.9. The lowest BCUT2D eigenvalue weighted by Gasteiger charge is -2.17. The summed E-state index contributed by atoms with van der Waals surface area (Å²) in [5, 5.41) is 0. The molecule has 0 radical (unpaired) electrons. The maximum Gasteiger partial charge on any atom is 0.419 e. The van der Waals surface area contributed by atoms with Crippen LogP contribution in [0.25, 0.3) is 11.1 Å². The van der Waals surface area contributed by atoms with Gasteiger partial charge in [-0.1, -0.05) is 0 Å². The summed E-state index contributed by atoms with van der Waals surface area (Å²) in [6.45, 7) is 2.12. The van der Waals surface area contributed by atoms with E-state index in [1.165, 1.54) is 29.8 Å². The molecule has 0 aliphatic carbocycles. The van der Waals surface area contributed by atoms with Gasteiger partial charge in [0.05, 0.1) is 10.4 Å². The summed E-state index contributed by atoms with van der Waals surface area (Å²) in [6.07, 6.45) is 4.00. The van der Waals surface area contributed by atoms with Crippen LogP contribution in [0.1, 0.15) is 18.4 Å². The van der Waals surface area contributed by atoms with Gasteiger partial charge in [0, 0.05) is 32.9 Å². The molecule has 9 heteroatoms. The fourth-order valence-electron chi connectivity index (χ4n) is 3.23. The fraction of sp³-hybridized carbons (Fsp3) is 0.333. The minimum absolute atomic E-state index is 0.0835. The van der Waals surface area contributed by atoms with Crippen molar-refractivity contribution in [2.24, 2.45) is 7.05 Å². The van der Waals surface area contributed by atoms with Gasteiger partial charge in [-0.2, -0.15) is 0 Å². The number of rotatable bonds is 5. The maximum absolute atomic E-state index is 12.7. The summed E-state index contributed by atoms with van der Waals surface area (Å²) >= 11 is 0. The van der Waals surface area contributed by atoms with Crippen LogP contribution in [0.4, 0.5) is 5.82 Å². The van der Waals surface area contributed by atoms with E-state index in [0.717, 1.165) is 37.3 Å². The molecule has 3 aromatic rings. The molecule has 0 bridgehead atoms. The van der Waals surface area contributed by atoms with Crippen LogP contribution in [0, 0.1) is 0 Å². The van der Waals surface area contributed by atoms with Crippen molar-refractivity contribution in [3.63, 3.8) is 0 Å². The van der Waals surface area contributed by atoms with Gasteiger partial charge in [-0.15, -0.1) is 0 Å². The Bertz CT molecular complexity index is 1140. The van der Waals surface area contributed by atoms with Gasteiger partial charge in [-0.25, -0.2) is 22.9 Å². The molecule has 0 saturated carbocycles. The van der Waals surface area contributed by atoms with Gasteiger partial charge in [0.1, 0.15) is 5.82 Å². The number of pyridine rings is 1. The quantitative estimate of drug-likeness (QED) is 0.713. The average Bonchev–Trinajstić information content (AvgIpc) is 3.29. The van der Waals surface area contributed by atoms with Crippen LogP contribution in [-0.4, -0.2) is 31.1 Å². The lowest BCUT2D eigenvalue weighted by atomic mass is 10.2. The number of nitrogens with zero attached hydrogens (tertiary/aromatic N) is 3. The molecule has 4 rings (SSSR count). The molecule has 8 nitrogen and oxygen atoms in total. The van der Waals surface area contributed by atoms with Gasteiger partial charge in [0.15, 0.2) is 5.58 Å². The molecule has 0 spiro atoms. The molecule has 1 N–H and O–H groups in total. The number of hydrogen-bond donors (Lipinski definition) is 1. The van der Waals surface area contributed by atoms with Crippen LogP contribution in [0.3, 0.4) is 0 Å². The zero-order chi connectivity index (χ0) is 19.0. The minimum atomic E-state index is -3.73. The molecule has 1 saturated heterocycles. The molecular formula is C18H20N4O4S. The van der Waals surface area contributed by atoms with Gasteiger partial charge >= 0.3 is 5.76 Å². The highest BCUT2D eigenvalue weighted by Gasteiger charge is 2.18. The maximum atomic E-state index is 12.7. The SMILES string of the molecule is Cn1c(=O)oc2ccc(S(=O)(=O)NCc3ccnc(N4CCCC4)c3)cc21. The number of aryl methyl sites for hydroxylation is 1. The Balaban J connectivity index is 1.54. The highest BCUT2D eigenvalue weighted by atomic mass is 32.2. The van der Waals surface area contributed by atoms with E-state index < -0.39 is 15.8 Å². The molecular weight excluding hydrogens is 368 g/mol. The third-order valence-electron chi connectivity index (χ3n) is 4.78. The lowest BCUT2D eigenvalue weighted by Crippen LogP contribution is -2.24. The second-order valence-electron chi connectivity index (χ2n) is 6.60. The summed E-state index contributed by atoms with van der Waals surface area (Å²) < 4.78 is 34.2. The van der Waals surface area contributed by atoms with Crippen molar-refractivity contribution >= 4 is 26.9 Å². The number of aromatic nitrogens is 2. The van der Waals surface area contributed by atoms with E-state index in [1.807, 2.05) is 6.07 Å². The molecule has 2 aromatic heterocycles. The van der Waals surface area contributed by atoms with Crippen molar-refractivity contribution in [2.45, 2.75) is 24.3 Å². The Hall–Kier alpha value is -2.65. The Kier molecular flexibility index (Phi) is 4.48. The largest absolute Gasteiger partial charge is 0.419 e. The van der Waals surface area contributed by atoms with Crippen LogP contribution >= 0.6 is 0 Å². The molecule has 1 aliphatic heterocycles. The summed E-state index contributed by atoms with van der Waals surface area (Å²) in [4.78, 5) is 18.2. The lowest BCUT2D eigenvalue weighted by molar-refractivity contribution is 0.528. The van der Waals surface area contributed by atoms with E-state index in [-0.39, 0.29) is 11.4 Å². The summed E-state index contributed by atoms with van der Waals surface area (Å²) in [5.41, 5.74) is 1.63. The zero-order valence-corrected chi connectivity index (χ0v) is 15.7. The van der Waals surface area contributed by atoms with Crippen molar-refractivity contribution in [1.29, 1.82) is 0 Å². The Morgan fingerprint density at radius 1 is 1.19 bits per heavy atom. The van der Waals surface area contributed by atoms with Crippen LogP contribution in [0.5, 0.6) is 0 Å². The van der Waals surface area contributed by atoms with Crippen LogP contribution in [-0.2, 0) is 23.6 Å². The van der Waals surface area contributed by atoms with E-state index >= 15 is 0 Å². The Labute approximate surface area is 156 Å². The smallest absolute Gasteiger partial charge is 0.408 e. The molecule has 27 heavy (non-hydrogen) atoms. The highest BCUT2D eigenvalue weighted by molar-refractivity contribution is 7.89. The Morgan fingerprint density at radius 2 is 1.96 bits per heavy atom. The first-order valence-electron chi connectivity index (χ1n) is 8.73. The van der Waals surface area contributed by atoms with Gasteiger partial charge in [-0.05, 0) is 48.7 Å². The van der Waals surface area contributed by atoms with E-state index in [1.54, 1.807) is 12.3 Å². The molecule has 1 aromatic carbocycles. The van der Waals surface area contributed by atoms with E-state index in [0.29, 0.717) is 11.1 Å². The first-order chi connectivity index (χ1) is 12.9. The van der Waals surface area contributed by atoms with Gasteiger partial charge in [-0.3, -0.25) is 4.57 Å². The molecule has 3 heterocycles. The summed E-state index contributed by atoms with van der Waals surface area (Å²) in [5.74, 6) is 0.345. The summed E-state index contributed by atoms with van der Waals surface area (Å²) in [7, 11) is -2.19. The van der Waals surface area contributed by atoms with Crippen LogP contribution < -0.4 is 15.4 Å². The topological polar surface area (TPSA) is 97.4 Å². The van der Waals surface area contributed by atoms with Crippen LogP contribution in [0.15, 0.2) is 50.6 Å². The second-order valence-corrected chi connectivity index (χ2v) is 8.36. The second kappa shape index (κ2) is 6.82. The molecule has 0 amide bonds. The number of nitrogens with one attached hydrogen (secondary N) is 1. The molecule has 1 fully saturated rings. The van der Waals surface area contributed by atoms with Gasteiger partial charge < -0.3 is 9.32 Å². The normalized spacial score (nSPS) is 14.9. The predicted octanol–water partition coefficient (Wildman–Crippen LogP) is 1.61. The Morgan fingerprint density at radius 3 is 2.74 bits per heavy atom. The highest BCUT2D eigenvalue weighted by Crippen LogP contribution is 2.20. The van der Waals surface area contributed by atoms with Gasteiger partial charge in [0.2, 0.25) is 10.0 Å². The number of benzene rings is 1. The molecule has 0 unspecified atom stereocenters.